The third kappa shape index (κ3) is 3.56. The van der Waals surface area contributed by atoms with Crippen LogP contribution in [0.2, 0.25) is 0 Å². The third-order valence-electron chi connectivity index (χ3n) is 6.98. The van der Waals surface area contributed by atoms with Crippen LogP contribution >= 0.6 is 0 Å². The predicted molar refractivity (Wildman–Crippen MR) is 110 cm³/mol. The van der Waals surface area contributed by atoms with Crippen LogP contribution in [0.15, 0.2) is 6.20 Å². The number of anilines is 1. The second-order valence-corrected chi connectivity index (χ2v) is 8.57. The number of fused-ring (bicyclic) bond motifs is 1. The number of aryl methyl sites for hydroxylation is 1. The van der Waals surface area contributed by atoms with E-state index in [1.165, 1.54) is 57.8 Å². The van der Waals surface area contributed by atoms with Gasteiger partial charge in [-0.15, -0.1) is 0 Å². The summed E-state index contributed by atoms with van der Waals surface area (Å²) in [7, 11) is 4.25. The average molecular weight is 371 g/mol. The minimum Gasteiger partial charge on any atom is -0.367 e. The molecule has 0 aromatic carbocycles. The van der Waals surface area contributed by atoms with E-state index in [-0.39, 0.29) is 5.54 Å². The number of aromatic nitrogens is 4. The summed E-state index contributed by atoms with van der Waals surface area (Å²) in [5.41, 5.74) is 1.19. The monoisotopic (exact) mass is 370 g/mol. The molecule has 2 fully saturated rings. The van der Waals surface area contributed by atoms with Crippen LogP contribution in [0.25, 0.3) is 11.0 Å². The Hall–Kier alpha value is -1.69. The van der Waals surface area contributed by atoms with E-state index in [9.17, 15) is 0 Å². The van der Waals surface area contributed by atoms with Gasteiger partial charge in [0.1, 0.15) is 11.6 Å². The van der Waals surface area contributed by atoms with Crippen LogP contribution in [-0.2, 0) is 7.05 Å². The Labute approximate surface area is 162 Å². The van der Waals surface area contributed by atoms with E-state index in [1.54, 1.807) is 0 Å². The van der Waals surface area contributed by atoms with Gasteiger partial charge in [-0.2, -0.15) is 5.10 Å². The molecule has 148 valence electrons. The fourth-order valence-corrected chi connectivity index (χ4v) is 5.03. The van der Waals surface area contributed by atoms with Crippen LogP contribution in [-0.4, -0.2) is 50.3 Å². The number of nitrogens with zero attached hydrogens (tertiary/aromatic N) is 5. The van der Waals surface area contributed by atoms with Crippen molar-refractivity contribution < 1.29 is 0 Å². The lowest BCUT2D eigenvalue weighted by Gasteiger charge is -2.44. The van der Waals surface area contributed by atoms with Gasteiger partial charge in [0.25, 0.3) is 0 Å². The Kier molecular flexibility index (Phi) is 5.35. The van der Waals surface area contributed by atoms with Crippen molar-refractivity contribution in [1.29, 1.82) is 0 Å². The molecule has 27 heavy (non-hydrogen) atoms. The van der Waals surface area contributed by atoms with Crippen LogP contribution in [0.4, 0.5) is 5.82 Å². The van der Waals surface area contributed by atoms with Crippen molar-refractivity contribution in [2.75, 3.05) is 25.5 Å². The zero-order valence-electron chi connectivity index (χ0n) is 17.2. The number of nitrogens with one attached hydrogen (secondary N) is 1. The van der Waals surface area contributed by atoms with Crippen LogP contribution in [0.5, 0.6) is 0 Å². The van der Waals surface area contributed by atoms with Crippen molar-refractivity contribution in [3.63, 3.8) is 0 Å². The summed E-state index contributed by atoms with van der Waals surface area (Å²) in [4.78, 5) is 12.4. The summed E-state index contributed by atoms with van der Waals surface area (Å²) < 4.78 is 1.88. The topological polar surface area (TPSA) is 58.9 Å². The molecule has 0 aliphatic heterocycles. The molecule has 0 bridgehead atoms. The van der Waals surface area contributed by atoms with E-state index in [1.807, 2.05) is 17.9 Å². The average Bonchev–Trinajstić information content (AvgIpc) is 3.37. The minimum atomic E-state index is 0.236. The first-order valence-electron chi connectivity index (χ1n) is 10.8. The molecule has 6 heteroatoms. The Balaban J connectivity index is 1.64. The fourth-order valence-electron chi connectivity index (χ4n) is 5.03. The highest BCUT2D eigenvalue weighted by Gasteiger charge is 2.35. The van der Waals surface area contributed by atoms with Gasteiger partial charge in [-0.25, -0.2) is 9.97 Å². The maximum atomic E-state index is 5.00. The van der Waals surface area contributed by atoms with E-state index >= 15 is 0 Å². The molecule has 4 rings (SSSR count). The molecular weight excluding hydrogens is 336 g/mol. The predicted octanol–water partition coefficient (Wildman–Crippen LogP) is 4.09. The first-order valence-corrected chi connectivity index (χ1v) is 10.8. The minimum absolute atomic E-state index is 0.236. The van der Waals surface area contributed by atoms with Gasteiger partial charge >= 0.3 is 0 Å². The van der Waals surface area contributed by atoms with Gasteiger partial charge in [-0.1, -0.05) is 39.0 Å². The lowest BCUT2D eigenvalue weighted by molar-refractivity contribution is 0.0923. The largest absolute Gasteiger partial charge is 0.367 e. The summed E-state index contributed by atoms with van der Waals surface area (Å²) in [5, 5.41) is 9.24. The highest BCUT2D eigenvalue weighted by atomic mass is 15.3. The van der Waals surface area contributed by atoms with Crippen molar-refractivity contribution in [1.82, 2.24) is 24.6 Å². The van der Waals surface area contributed by atoms with Crippen molar-refractivity contribution in [3.8, 4) is 0 Å². The van der Waals surface area contributed by atoms with E-state index in [0.717, 1.165) is 35.8 Å². The van der Waals surface area contributed by atoms with E-state index < -0.39 is 0 Å². The van der Waals surface area contributed by atoms with E-state index in [0.29, 0.717) is 5.92 Å². The normalized spacial score (nSPS) is 20.6. The highest BCUT2D eigenvalue weighted by molar-refractivity contribution is 5.86. The van der Waals surface area contributed by atoms with Crippen molar-refractivity contribution in [2.24, 2.45) is 7.05 Å². The molecular formula is C21H34N6. The molecule has 0 spiro atoms. The summed E-state index contributed by atoms with van der Waals surface area (Å²) in [6, 6.07) is 0. The van der Waals surface area contributed by atoms with Gasteiger partial charge < -0.3 is 5.32 Å². The van der Waals surface area contributed by atoms with Crippen LogP contribution < -0.4 is 5.32 Å². The molecule has 0 unspecified atom stereocenters. The van der Waals surface area contributed by atoms with Crippen molar-refractivity contribution >= 4 is 16.9 Å². The number of hydrogen-bond acceptors (Lipinski definition) is 5. The van der Waals surface area contributed by atoms with Gasteiger partial charge in [-0.3, -0.25) is 9.58 Å². The number of likely N-dealkylation sites (N-methyl/N-ethyl adjacent to an activating group) is 1. The molecule has 2 saturated carbocycles. The lowest BCUT2D eigenvalue weighted by atomic mass is 9.80. The second kappa shape index (κ2) is 7.74. The van der Waals surface area contributed by atoms with Crippen LogP contribution in [0, 0.1) is 0 Å². The summed E-state index contributed by atoms with van der Waals surface area (Å²) >= 11 is 0. The zero-order chi connectivity index (χ0) is 18.9. The maximum absolute atomic E-state index is 5.00. The molecule has 0 saturated heterocycles. The zero-order valence-corrected chi connectivity index (χ0v) is 17.2. The Morgan fingerprint density at radius 1 is 1.15 bits per heavy atom. The standard InChI is InChI=1S/C21H34N6/c1-4-26(2)21(12-8-5-9-13-21)15-22-19-17-14-23-27(3)20(17)25-18(24-19)16-10-6-7-11-16/h14,16H,4-13,15H2,1-3H3,(H,22,24,25). The summed E-state index contributed by atoms with van der Waals surface area (Å²) in [5.74, 6) is 2.49. The van der Waals surface area contributed by atoms with Gasteiger partial charge in [0.05, 0.1) is 11.6 Å². The first kappa shape index (κ1) is 18.7. The van der Waals surface area contributed by atoms with Crippen molar-refractivity contribution in [2.45, 2.75) is 76.2 Å². The molecule has 1 N–H and O–H groups in total. The SMILES string of the molecule is CCN(C)C1(CNc2nc(C3CCCC3)nc3c2cnn3C)CCCCC1. The quantitative estimate of drug-likeness (QED) is 0.830. The smallest absolute Gasteiger partial charge is 0.163 e. The molecule has 2 aromatic rings. The molecule has 2 aliphatic rings. The molecule has 2 aromatic heterocycles. The third-order valence-corrected chi connectivity index (χ3v) is 6.98. The second-order valence-electron chi connectivity index (χ2n) is 8.57. The van der Waals surface area contributed by atoms with Crippen LogP contribution in [0.1, 0.15) is 76.5 Å². The number of rotatable bonds is 6. The lowest BCUT2D eigenvalue weighted by Crippen LogP contribution is -2.52. The number of hydrogen-bond donors (Lipinski definition) is 1. The Morgan fingerprint density at radius 2 is 1.89 bits per heavy atom. The molecule has 2 heterocycles. The Morgan fingerprint density at radius 3 is 2.59 bits per heavy atom. The van der Waals surface area contributed by atoms with Gasteiger partial charge in [0, 0.05) is 25.0 Å². The molecule has 6 nitrogen and oxygen atoms in total. The summed E-state index contributed by atoms with van der Waals surface area (Å²) in [6.45, 7) is 4.29. The Bertz CT molecular complexity index is 770. The molecule has 0 amide bonds. The highest BCUT2D eigenvalue weighted by Crippen LogP contribution is 2.36. The molecule has 0 radical (unpaired) electrons. The molecule has 2 aliphatic carbocycles. The van der Waals surface area contributed by atoms with Crippen molar-refractivity contribution in [3.05, 3.63) is 12.0 Å². The first-order chi connectivity index (χ1) is 13.1. The fraction of sp³-hybridized carbons (Fsp3) is 0.762. The van der Waals surface area contributed by atoms with Gasteiger partial charge in [0.15, 0.2) is 5.65 Å². The van der Waals surface area contributed by atoms with E-state index in [2.05, 4.69) is 29.3 Å². The van der Waals surface area contributed by atoms with E-state index in [4.69, 9.17) is 9.97 Å². The van der Waals surface area contributed by atoms with Gasteiger partial charge in [0.2, 0.25) is 0 Å². The summed E-state index contributed by atoms with van der Waals surface area (Å²) in [6.07, 6.45) is 13.5. The van der Waals surface area contributed by atoms with Crippen LogP contribution in [0.3, 0.4) is 0 Å². The molecule has 0 atom stereocenters. The maximum Gasteiger partial charge on any atom is 0.163 e. The van der Waals surface area contributed by atoms with Gasteiger partial charge in [-0.05, 0) is 39.3 Å².